The Labute approximate surface area is 192 Å². The first kappa shape index (κ1) is 21.5. The average molecular weight is 464 g/mol. The highest BCUT2D eigenvalue weighted by atomic mass is 32.2. The summed E-state index contributed by atoms with van der Waals surface area (Å²) in [6.45, 7) is 6.26. The number of nitrogens with zero attached hydrogens (tertiary/aromatic N) is 5. The van der Waals surface area contributed by atoms with Gasteiger partial charge in [-0.3, -0.25) is 4.68 Å². The third kappa shape index (κ3) is 3.67. The van der Waals surface area contributed by atoms with Gasteiger partial charge in [-0.15, -0.1) is 0 Å². The van der Waals surface area contributed by atoms with Crippen molar-refractivity contribution in [3.63, 3.8) is 0 Å². The lowest BCUT2D eigenvalue weighted by atomic mass is 10.1. The van der Waals surface area contributed by atoms with Gasteiger partial charge in [0, 0.05) is 43.4 Å². The first-order chi connectivity index (χ1) is 15.8. The SMILES string of the molecule is Cc1cc(C)c(S(=O)(=O)N2CCc3c(c(-c4nc(-c5ccccc5)no4)nn3C)C2)c(C)c1. The second-order valence-electron chi connectivity index (χ2n) is 8.50. The van der Waals surface area contributed by atoms with Crippen molar-refractivity contribution in [2.75, 3.05) is 6.54 Å². The summed E-state index contributed by atoms with van der Waals surface area (Å²) in [6.07, 6.45) is 0.557. The normalized spacial score (nSPS) is 14.4. The highest BCUT2D eigenvalue weighted by Gasteiger charge is 2.35. The third-order valence-corrected chi connectivity index (χ3v) is 8.22. The maximum Gasteiger partial charge on any atom is 0.279 e. The lowest BCUT2D eigenvalue weighted by Crippen LogP contribution is -2.37. The van der Waals surface area contributed by atoms with Gasteiger partial charge in [-0.2, -0.15) is 14.4 Å². The van der Waals surface area contributed by atoms with E-state index in [9.17, 15) is 8.42 Å². The van der Waals surface area contributed by atoms with Gasteiger partial charge < -0.3 is 4.52 Å². The minimum Gasteiger partial charge on any atom is -0.332 e. The summed E-state index contributed by atoms with van der Waals surface area (Å²) in [5.41, 5.74) is 5.71. The molecule has 0 fully saturated rings. The van der Waals surface area contributed by atoms with Crippen LogP contribution in [0.15, 0.2) is 51.9 Å². The minimum atomic E-state index is -3.68. The Morgan fingerprint density at radius 1 is 1.03 bits per heavy atom. The summed E-state index contributed by atoms with van der Waals surface area (Å²) in [5.74, 6) is 0.754. The molecule has 4 aromatic rings. The Kier molecular flexibility index (Phi) is 5.18. The predicted molar refractivity (Wildman–Crippen MR) is 124 cm³/mol. The standard InChI is InChI=1S/C24H25N5O3S/c1-15-12-16(2)22(17(3)13-15)33(30,31)29-11-10-20-19(14-29)21(26-28(20)4)24-25-23(27-32-24)18-8-6-5-7-9-18/h5-9,12-13H,10-11,14H2,1-4H3. The second-order valence-corrected chi connectivity index (χ2v) is 10.4. The van der Waals surface area contributed by atoms with Crippen LogP contribution in [0.5, 0.6) is 0 Å². The van der Waals surface area contributed by atoms with Gasteiger partial charge >= 0.3 is 0 Å². The summed E-state index contributed by atoms with van der Waals surface area (Å²) >= 11 is 0. The largest absolute Gasteiger partial charge is 0.332 e. The van der Waals surface area contributed by atoms with Gasteiger partial charge in [-0.25, -0.2) is 8.42 Å². The van der Waals surface area contributed by atoms with Crippen molar-refractivity contribution in [3.8, 4) is 23.0 Å². The van der Waals surface area contributed by atoms with Gasteiger partial charge in [-0.1, -0.05) is 53.2 Å². The molecule has 1 aliphatic heterocycles. The molecule has 0 spiro atoms. The third-order valence-electron chi connectivity index (χ3n) is 6.07. The van der Waals surface area contributed by atoms with Crippen molar-refractivity contribution in [1.82, 2.24) is 24.2 Å². The van der Waals surface area contributed by atoms with Crippen LogP contribution in [0.2, 0.25) is 0 Å². The number of aryl methyl sites for hydroxylation is 4. The molecule has 9 heteroatoms. The Balaban J connectivity index is 1.53. The Morgan fingerprint density at radius 2 is 1.73 bits per heavy atom. The van der Waals surface area contributed by atoms with Crippen molar-refractivity contribution in [2.45, 2.75) is 38.6 Å². The van der Waals surface area contributed by atoms with Crippen molar-refractivity contribution in [3.05, 3.63) is 70.4 Å². The van der Waals surface area contributed by atoms with Crippen molar-refractivity contribution in [2.24, 2.45) is 7.05 Å². The van der Waals surface area contributed by atoms with Crippen molar-refractivity contribution in [1.29, 1.82) is 0 Å². The molecule has 1 aliphatic rings. The van der Waals surface area contributed by atoms with Crippen LogP contribution in [-0.2, 0) is 30.0 Å². The molecule has 8 nitrogen and oxygen atoms in total. The van der Waals surface area contributed by atoms with Crippen LogP contribution in [-0.4, -0.2) is 39.2 Å². The topological polar surface area (TPSA) is 94.1 Å². The highest BCUT2D eigenvalue weighted by molar-refractivity contribution is 7.89. The summed E-state index contributed by atoms with van der Waals surface area (Å²) < 4.78 is 36.1. The van der Waals surface area contributed by atoms with Crippen LogP contribution in [0.25, 0.3) is 23.0 Å². The lowest BCUT2D eigenvalue weighted by Gasteiger charge is -2.28. The summed E-state index contributed by atoms with van der Waals surface area (Å²) in [7, 11) is -1.82. The molecule has 0 aliphatic carbocycles. The van der Waals surface area contributed by atoms with Crippen LogP contribution < -0.4 is 0 Å². The number of fused-ring (bicyclic) bond motifs is 1. The van der Waals surface area contributed by atoms with E-state index in [0.29, 0.717) is 29.4 Å². The fraction of sp³-hybridized carbons (Fsp3) is 0.292. The molecule has 5 rings (SSSR count). The van der Waals surface area contributed by atoms with Gasteiger partial charge in [0.05, 0.1) is 4.90 Å². The van der Waals surface area contributed by atoms with E-state index in [1.807, 2.05) is 70.3 Å². The van der Waals surface area contributed by atoms with E-state index in [-0.39, 0.29) is 12.4 Å². The van der Waals surface area contributed by atoms with E-state index in [2.05, 4.69) is 15.2 Å². The molecule has 2 aromatic carbocycles. The molecule has 0 saturated carbocycles. The molecule has 33 heavy (non-hydrogen) atoms. The Bertz CT molecular complexity index is 1430. The number of benzene rings is 2. The van der Waals surface area contributed by atoms with Crippen LogP contribution in [0.1, 0.15) is 27.9 Å². The number of aromatic nitrogens is 4. The molecule has 170 valence electrons. The summed E-state index contributed by atoms with van der Waals surface area (Å²) in [4.78, 5) is 4.91. The Hall–Kier alpha value is -3.30. The van der Waals surface area contributed by atoms with E-state index >= 15 is 0 Å². The average Bonchev–Trinajstić information content (AvgIpc) is 3.38. The summed E-state index contributed by atoms with van der Waals surface area (Å²) in [6, 6.07) is 13.4. The monoisotopic (exact) mass is 463 g/mol. The first-order valence-electron chi connectivity index (χ1n) is 10.8. The van der Waals surface area contributed by atoms with Crippen LogP contribution in [0, 0.1) is 20.8 Å². The molecule has 0 saturated heterocycles. The molecule has 0 radical (unpaired) electrons. The zero-order valence-electron chi connectivity index (χ0n) is 19.0. The minimum absolute atomic E-state index is 0.205. The molecule has 2 aromatic heterocycles. The van der Waals surface area contributed by atoms with Gasteiger partial charge in [0.25, 0.3) is 5.89 Å². The Morgan fingerprint density at radius 3 is 2.42 bits per heavy atom. The predicted octanol–water partition coefficient (Wildman–Crippen LogP) is 3.81. The summed E-state index contributed by atoms with van der Waals surface area (Å²) in [5, 5.41) is 8.70. The molecule has 0 N–H and O–H groups in total. The molecule has 0 unspecified atom stereocenters. The van der Waals surface area contributed by atoms with Gasteiger partial charge in [0.15, 0.2) is 5.69 Å². The van der Waals surface area contributed by atoms with Crippen LogP contribution in [0.4, 0.5) is 0 Å². The quantitative estimate of drug-likeness (QED) is 0.457. The van der Waals surface area contributed by atoms with Gasteiger partial charge in [0.2, 0.25) is 15.8 Å². The van der Waals surface area contributed by atoms with E-state index in [1.165, 1.54) is 4.31 Å². The fourth-order valence-electron chi connectivity index (χ4n) is 4.67. The molecule has 3 heterocycles. The van der Waals surface area contributed by atoms with E-state index in [0.717, 1.165) is 33.5 Å². The zero-order chi connectivity index (χ0) is 23.3. The van der Waals surface area contributed by atoms with E-state index < -0.39 is 10.0 Å². The van der Waals surface area contributed by atoms with E-state index in [1.54, 1.807) is 4.68 Å². The van der Waals surface area contributed by atoms with Crippen LogP contribution in [0.3, 0.4) is 0 Å². The molecular weight excluding hydrogens is 438 g/mol. The van der Waals surface area contributed by atoms with Crippen LogP contribution >= 0.6 is 0 Å². The fourth-order valence-corrected chi connectivity index (χ4v) is 6.49. The second kappa shape index (κ2) is 7.93. The zero-order valence-corrected chi connectivity index (χ0v) is 19.8. The maximum absolute atomic E-state index is 13.6. The number of hydrogen-bond donors (Lipinski definition) is 0. The molecule has 0 atom stereocenters. The number of sulfonamides is 1. The smallest absolute Gasteiger partial charge is 0.279 e. The van der Waals surface area contributed by atoms with E-state index in [4.69, 9.17) is 4.52 Å². The van der Waals surface area contributed by atoms with Gasteiger partial charge in [-0.05, 0) is 31.9 Å². The molecular formula is C24H25N5O3S. The van der Waals surface area contributed by atoms with Gasteiger partial charge in [0.1, 0.15) is 0 Å². The van der Waals surface area contributed by atoms with Crippen molar-refractivity contribution >= 4 is 10.0 Å². The highest BCUT2D eigenvalue weighted by Crippen LogP contribution is 2.34. The molecule has 0 bridgehead atoms. The maximum atomic E-state index is 13.6. The lowest BCUT2D eigenvalue weighted by molar-refractivity contribution is 0.384. The first-order valence-corrected chi connectivity index (χ1v) is 12.2. The number of rotatable bonds is 4. The van der Waals surface area contributed by atoms with Crippen molar-refractivity contribution < 1.29 is 12.9 Å². The number of hydrogen-bond acceptors (Lipinski definition) is 6. The molecule has 0 amide bonds.